The van der Waals surface area contributed by atoms with Crippen molar-refractivity contribution in [1.82, 2.24) is 9.55 Å². The molecule has 134 valence electrons. The Labute approximate surface area is 169 Å². The van der Waals surface area contributed by atoms with Crippen LogP contribution in [0.2, 0.25) is 0 Å². The first-order valence-electron chi connectivity index (χ1n) is 8.56. The molecule has 0 amide bonds. The molecule has 0 N–H and O–H groups in total. The summed E-state index contributed by atoms with van der Waals surface area (Å²) in [6, 6.07) is 17.6. The lowest BCUT2D eigenvalue weighted by molar-refractivity contribution is 0.941. The van der Waals surface area contributed by atoms with Gasteiger partial charge in [0.05, 0.1) is 20.4 Å². The van der Waals surface area contributed by atoms with E-state index in [1.807, 2.05) is 66.7 Å². The minimum Gasteiger partial charge on any atom is -0.268 e. The van der Waals surface area contributed by atoms with E-state index >= 15 is 0 Å². The van der Waals surface area contributed by atoms with E-state index in [4.69, 9.17) is 4.98 Å². The fraction of sp³-hybridized carbons (Fsp3) is 0.0909. The summed E-state index contributed by atoms with van der Waals surface area (Å²) in [5.41, 5.74) is 3.81. The van der Waals surface area contributed by atoms with Crippen LogP contribution in [0.5, 0.6) is 0 Å². The van der Waals surface area contributed by atoms with Gasteiger partial charge in [-0.15, -0.1) is 11.3 Å². The molecule has 0 bridgehead atoms. The maximum Gasteiger partial charge on any atom is 0.266 e. The van der Waals surface area contributed by atoms with Gasteiger partial charge in [-0.1, -0.05) is 18.2 Å². The number of thiophene rings is 1. The normalized spacial score (nSPS) is 11.5. The summed E-state index contributed by atoms with van der Waals surface area (Å²) in [6.07, 6.45) is 3.89. The summed E-state index contributed by atoms with van der Waals surface area (Å²) in [7, 11) is 0. The summed E-state index contributed by atoms with van der Waals surface area (Å²) in [4.78, 5) is 19.1. The molecule has 3 nitrogen and oxygen atoms in total. The van der Waals surface area contributed by atoms with Crippen molar-refractivity contribution in [2.24, 2.45) is 0 Å². The van der Waals surface area contributed by atoms with Gasteiger partial charge in [-0.3, -0.25) is 9.36 Å². The van der Waals surface area contributed by atoms with Crippen LogP contribution in [0.1, 0.15) is 21.8 Å². The summed E-state index contributed by atoms with van der Waals surface area (Å²) >= 11 is 5.12. The van der Waals surface area contributed by atoms with E-state index in [1.54, 1.807) is 15.9 Å². The average Bonchev–Trinajstić information content (AvgIpc) is 3.08. The number of hydrogen-bond donors (Lipinski definition) is 0. The molecule has 0 aliphatic heterocycles. The molecule has 0 aliphatic rings. The number of rotatable bonds is 3. The highest BCUT2D eigenvalue weighted by molar-refractivity contribution is 9.11. The van der Waals surface area contributed by atoms with Crippen molar-refractivity contribution in [2.45, 2.75) is 13.8 Å². The minimum atomic E-state index is -0.0594. The van der Waals surface area contributed by atoms with Crippen molar-refractivity contribution in [2.75, 3.05) is 0 Å². The summed E-state index contributed by atoms with van der Waals surface area (Å²) in [6.45, 7) is 4.12. The maximum absolute atomic E-state index is 13.2. The van der Waals surface area contributed by atoms with Gasteiger partial charge in [0, 0.05) is 4.88 Å². The highest BCUT2D eigenvalue weighted by Crippen LogP contribution is 2.24. The largest absolute Gasteiger partial charge is 0.268 e. The van der Waals surface area contributed by atoms with E-state index in [0.717, 1.165) is 19.9 Å². The summed E-state index contributed by atoms with van der Waals surface area (Å²) in [5, 5.41) is 0.617. The van der Waals surface area contributed by atoms with Gasteiger partial charge in [0.15, 0.2) is 0 Å². The Bertz CT molecular complexity index is 1240. The third-order valence-electron chi connectivity index (χ3n) is 4.54. The molecule has 0 radical (unpaired) electrons. The van der Waals surface area contributed by atoms with Gasteiger partial charge in [0.25, 0.3) is 5.56 Å². The molecule has 0 atom stereocenters. The molecule has 2 aromatic heterocycles. The smallest absolute Gasteiger partial charge is 0.266 e. The van der Waals surface area contributed by atoms with Crippen LogP contribution in [0.25, 0.3) is 28.7 Å². The second-order valence-corrected chi connectivity index (χ2v) is 8.87. The minimum absolute atomic E-state index is 0.0594. The fourth-order valence-electron chi connectivity index (χ4n) is 2.95. The van der Waals surface area contributed by atoms with E-state index in [9.17, 15) is 4.79 Å². The van der Waals surface area contributed by atoms with Gasteiger partial charge >= 0.3 is 0 Å². The molecule has 27 heavy (non-hydrogen) atoms. The van der Waals surface area contributed by atoms with E-state index < -0.39 is 0 Å². The van der Waals surface area contributed by atoms with Crippen LogP contribution in [-0.4, -0.2) is 9.55 Å². The number of aromatic nitrogens is 2. The van der Waals surface area contributed by atoms with Crippen molar-refractivity contribution >= 4 is 50.3 Å². The third kappa shape index (κ3) is 3.53. The van der Waals surface area contributed by atoms with Crippen LogP contribution < -0.4 is 5.56 Å². The number of fused-ring (bicyclic) bond motifs is 1. The van der Waals surface area contributed by atoms with Crippen molar-refractivity contribution < 1.29 is 0 Å². The first kappa shape index (κ1) is 17.9. The first-order chi connectivity index (χ1) is 13.0. The molecular weight excluding hydrogens is 420 g/mol. The predicted octanol–water partition coefficient (Wildman–Crippen LogP) is 6.00. The summed E-state index contributed by atoms with van der Waals surface area (Å²) in [5.74, 6) is 0.617. The van der Waals surface area contributed by atoms with Crippen LogP contribution in [0.3, 0.4) is 0 Å². The molecule has 0 unspecified atom stereocenters. The van der Waals surface area contributed by atoms with Crippen molar-refractivity contribution in [3.63, 3.8) is 0 Å². The molecule has 0 saturated carbocycles. The van der Waals surface area contributed by atoms with Crippen LogP contribution in [0, 0.1) is 13.8 Å². The number of benzene rings is 2. The Hall–Kier alpha value is -2.50. The van der Waals surface area contributed by atoms with Crippen LogP contribution >= 0.6 is 27.3 Å². The first-order valence-corrected chi connectivity index (χ1v) is 10.2. The fourth-order valence-corrected chi connectivity index (χ4v) is 4.28. The van der Waals surface area contributed by atoms with Crippen LogP contribution in [0.15, 0.2) is 63.2 Å². The van der Waals surface area contributed by atoms with Crippen LogP contribution in [-0.2, 0) is 0 Å². The number of para-hydroxylation sites is 1. The second kappa shape index (κ2) is 7.25. The van der Waals surface area contributed by atoms with Gasteiger partial charge in [-0.25, -0.2) is 4.98 Å². The highest BCUT2D eigenvalue weighted by Gasteiger charge is 2.11. The average molecular weight is 437 g/mol. The molecule has 0 saturated heterocycles. The quantitative estimate of drug-likeness (QED) is 0.394. The number of aryl methyl sites for hydroxylation is 2. The monoisotopic (exact) mass is 436 g/mol. The zero-order valence-electron chi connectivity index (χ0n) is 14.9. The maximum atomic E-state index is 13.2. The predicted molar refractivity (Wildman–Crippen MR) is 118 cm³/mol. The molecule has 5 heteroatoms. The Balaban J connectivity index is 1.96. The Morgan fingerprint density at radius 1 is 1.00 bits per heavy atom. The van der Waals surface area contributed by atoms with Crippen molar-refractivity contribution in [3.05, 3.63) is 90.6 Å². The lowest BCUT2D eigenvalue weighted by atomic mass is 10.1. The van der Waals surface area contributed by atoms with E-state index in [-0.39, 0.29) is 5.56 Å². The second-order valence-electron chi connectivity index (χ2n) is 6.37. The standard InChI is InChI=1S/C22H17BrN2OS/c1-14-7-8-16(13-15(14)2)25-21(12-10-17-9-11-20(23)27-17)24-19-6-4-3-5-18(19)22(25)26/h3-13H,1-2H3. The zero-order valence-corrected chi connectivity index (χ0v) is 17.3. The topological polar surface area (TPSA) is 34.9 Å². The molecule has 4 aromatic rings. The zero-order chi connectivity index (χ0) is 19.0. The number of nitrogens with zero attached hydrogens (tertiary/aromatic N) is 2. The molecule has 2 aromatic carbocycles. The Kier molecular flexibility index (Phi) is 4.81. The van der Waals surface area contributed by atoms with E-state index in [2.05, 4.69) is 29.8 Å². The SMILES string of the molecule is Cc1ccc(-n2c(C=Cc3ccc(Br)s3)nc3ccccc3c2=O)cc1C. The lowest BCUT2D eigenvalue weighted by Gasteiger charge is -2.13. The van der Waals surface area contributed by atoms with Crippen LogP contribution in [0.4, 0.5) is 0 Å². The molecule has 0 fully saturated rings. The van der Waals surface area contributed by atoms with Gasteiger partial charge < -0.3 is 0 Å². The van der Waals surface area contributed by atoms with Gasteiger partial charge in [-0.05, 0) is 89.5 Å². The summed E-state index contributed by atoms with van der Waals surface area (Å²) < 4.78 is 2.76. The van der Waals surface area contributed by atoms with Gasteiger partial charge in [0.1, 0.15) is 5.82 Å². The third-order valence-corrected chi connectivity index (χ3v) is 6.13. The Morgan fingerprint density at radius 3 is 2.56 bits per heavy atom. The van der Waals surface area contributed by atoms with E-state index in [0.29, 0.717) is 16.7 Å². The Morgan fingerprint density at radius 2 is 1.81 bits per heavy atom. The lowest BCUT2D eigenvalue weighted by Crippen LogP contribution is -2.22. The van der Waals surface area contributed by atoms with Gasteiger partial charge in [-0.2, -0.15) is 0 Å². The molecular formula is C22H17BrN2OS. The van der Waals surface area contributed by atoms with Crippen molar-refractivity contribution in [3.8, 4) is 5.69 Å². The highest BCUT2D eigenvalue weighted by atomic mass is 79.9. The van der Waals surface area contributed by atoms with Crippen molar-refractivity contribution in [1.29, 1.82) is 0 Å². The molecule has 0 spiro atoms. The molecule has 4 rings (SSSR count). The van der Waals surface area contributed by atoms with E-state index in [1.165, 1.54) is 5.56 Å². The molecule has 0 aliphatic carbocycles. The molecule has 2 heterocycles. The number of halogens is 1. The number of hydrogen-bond acceptors (Lipinski definition) is 3. The van der Waals surface area contributed by atoms with Gasteiger partial charge in [0.2, 0.25) is 0 Å².